The molecule has 5 heteroatoms. The largest absolute Gasteiger partial charge is 0.361 e. The molecular weight excluding hydrogens is 302 g/mol. The number of anilines is 1. The van der Waals surface area contributed by atoms with Gasteiger partial charge in [0, 0.05) is 19.0 Å². The number of pyridine rings is 1. The third-order valence-electron chi connectivity index (χ3n) is 3.91. The summed E-state index contributed by atoms with van der Waals surface area (Å²) < 4.78 is 7.33. The maximum atomic E-state index is 12.9. The van der Waals surface area contributed by atoms with Crippen molar-refractivity contribution in [3.8, 4) is 0 Å². The van der Waals surface area contributed by atoms with Gasteiger partial charge in [0.25, 0.3) is 0 Å². The first-order chi connectivity index (χ1) is 11.6. The van der Waals surface area contributed by atoms with Crippen LogP contribution in [0, 0.1) is 12.3 Å². The van der Waals surface area contributed by atoms with Gasteiger partial charge in [-0.25, -0.2) is 0 Å². The monoisotopic (exact) mass is 327 g/mol. The molecule has 0 unspecified atom stereocenters. The zero-order valence-corrected chi connectivity index (χ0v) is 14.6. The van der Waals surface area contributed by atoms with E-state index >= 15 is 0 Å². The molecule has 2 aromatic rings. The molecule has 0 atom stereocenters. The lowest BCUT2D eigenvalue weighted by atomic mass is 10.0. The maximum absolute atomic E-state index is 12.9. The number of hydrogen-bond acceptors (Lipinski definition) is 3. The van der Waals surface area contributed by atoms with Crippen LogP contribution in [0.4, 0.5) is 5.69 Å². The molecule has 0 radical (unpaired) electrons. The first-order valence-electron chi connectivity index (χ1n) is 8.24. The highest BCUT2D eigenvalue weighted by atomic mass is 16.5. The fourth-order valence-electron chi connectivity index (χ4n) is 2.64. The third kappa shape index (κ3) is 4.32. The Bertz CT molecular complexity index is 732. The molecule has 0 spiro atoms. The summed E-state index contributed by atoms with van der Waals surface area (Å²) in [6.07, 6.45) is 4.35. The van der Waals surface area contributed by atoms with E-state index in [1.54, 1.807) is 34.0 Å². The van der Waals surface area contributed by atoms with Crippen molar-refractivity contribution >= 4 is 11.6 Å². The van der Waals surface area contributed by atoms with Crippen LogP contribution in [0.5, 0.6) is 0 Å². The summed E-state index contributed by atoms with van der Waals surface area (Å²) in [5.41, 5.74) is 3.14. The van der Waals surface area contributed by atoms with Crippen LogP contribution in [-0.2, 0) is 22.5 Å². The van der Waals surface area contributed by atoms with Gasteiger partial charge in [-0.05, 0) is 43.5 Å². The highest BCUT2D eigenvalue weighted by Gasteiger charge is 2.20. The van der Waals surface area contributed by atoms with E-state index in [-0.39, 0.29) is 19.2 Å². The summed E-state index contributed by atoms with van der Waals surface area (Å²) in [5, 5.41) is 7.96. The zero-order chi connectivity index (χ0) is 17.5. The van der Waals surface area contributed by atoms with Gasteiger partial charge in [-0.2, -0.15) is 0 Å². The van der Waals surface area contributed by atoms with E-state index in [9.17, 15) is 4.79 Å². The average molecular weight is 327 g/mol. The molecule has 2 rings (SSSR count). The van der Waals surface area contributed by atoms with E-state index in [4.69, 9.17) is 10.1 Å². The average Bonchev–Trinajstić information content (AvgIpc) is 2.58. The molecule has 0 aliphatic rings. The molecule has 0 saturated heterocycles. The van der Waals surface area contributed by atoms with Crippen LogP contribution in [0.1, 0.15) is 25.0 Å². The molecule has 0 aliphatic carbocycles. The van der Waals surface area contributed by atoms with E-state index < -0.39 is 0 Å². The fraction of sp³-hybridized carbons (Fsp3) is 0.368. The smallest absolute Gasteiger partial charge is 0.248 e. The normalized spacial score (nSPS) is 10.6. The molecule has 0 aliphatic heterocycles. The minimum absolute atomic E-state index is 0.0322. The lowest BCUT2D eigenvalue weighted by Crippen LogP contribution is -2.37. The van der Waals surface area contributed by atoms with Gasteiger partial charge in [0.1, 0.15) is 13.3 Å². The molecule has 0 saturated carbocycles. The summed E-state index contributed by atoms with van der Waals surface area (Å²) in [6.45, 7) is 7.03. The maximum Gasteiger partial charge on any atom is 0.248 e. The number of ether oxygens (including phenoxy) is 1. The van der Waals surface area contributed by atoms with E-state index in [0.717, 1.165) is 23.2 Å². The van der Waals surface area contributed by atoms with Crippen LogP contribution in [0.3, 0.4) is 0 Å². The number of para-hydroxylation sites is 1. The standard InChI is InChI=1S/C19H25N3O2/c1-4-16-8-6-7-15(3)19(16)22(14-24-5-2)18(23)13-21-11-9-17(20)10-12-21/h6-12,20H,4-5,13-14H2,1-3H3. The van der Waals surface area contributed by atoms with Gasteiger partial charge in [-0.3, -0.25) is 9.69 Å². The van der Waals surface area contributed by atoms with Crippen molar-refractivity contribution in [2.75, 3.05) is 18.2 Å². The van der Waals surface area contributed by atoms with Gasteiger partial charge in [0.15, 0.2) is 0 Å². The van der Waals surface area contributed by atoms with Gasteiger partial charge in [0.05, 0.1) is 11.0 Å². The summed E-state index contributed by atoms with van der Waals surface area (Å²) in [5.74, 6) is -0.0322. The van der Waals surface area contributed by atoms with E-state index in [2.05, 4.69) is 13.0 Å². The van der Waals surface area contributed by atoms with Crippen molar-refractivity contribution in [1.82, 2.24) is 4.57 Å². The topological polar surface area (TPSA) is 58.3 Å². The Morgan fingerprint density at radius 1 is 1.21 bits per heavy atom. The second kappa shape index (κ2) is 8.45. The minimum atomic E-state index is -0.0322. The third-order valence-corrected chi connectivity index (χ3v) is 3.91. The minimum Gasteiger partial charge on any atom is -0.361 e. The van der Waals surface area contributed by atoms with E-state index in [1.165, 1.54) is 0 Å². The number of amides is 1. The fourth-order valence-corrected chi connectivity index (χ4v) is 2.64. The molecule has 1 amide bonds. The summed E-state index contributed by atoms with van der Waals surface area (Å²) in [6, 6.07) is 9.43. The van der Waals surface area contributed by atoms with Crippen LogP contribution in [0.15, 0.2) is 42.7 Å². The van der Waals surface area contributed by atoms with Gasteiger partial charge in [0.2, 0.25) is 5.91 Å². The first-order valence-corrected chi connectivity index (χ1v) is 8.24. The summed E-state index contributed by atoms with van der Waals surface area (Å²) in [7, 11) is 0. The Morgan fingerprint density at radius 2 is 1.92 bits per heavy atom. The van der Waals surface area contributed by atoms with Crippen molar-refractivity contribution < 1.29 is 9.53 Å². The van der Waals surface area contributed by atoms with Crippen molar-refractivity contribution in [3.63, 3.8) is 0 Å². The zero-order valence-electron chi connectivity index (χ0n) is 14.6. The molecule has 5 nitrogen and oxygen atoms in total. The quantitative estimate of drug-likeness (QED) is 0.795. The van der Waals surface area contributed by atoms with Crippen LogP contribution in [0.2, 0.25) is 0 Å². The second-order valence-corrected chi connectivity index (χ2v) is 5.64. The highest BCUT2D eigenvalue weighted by molar-refractivity contribution is 5.94. The van der Waals surface area contributed by atoms with Gasteiger partial charge >= 0.3 is 0 Å². The van der Waals surface area contributed by atoms with Gasteiger partial charge < -0.3 is 14.7 Å². The first kappa shape index (κ1) is 17.9. The molecule has 1 aromatic carbocycles. The van der Waals surface area contributed by atoms with Crippen molar-refractivity contribution in [1.29, 1.82) is 5.41 Å². The number of aryl methyl sites for hydroxylation is 2. The number of rotatable bonds is 7. The molecular formula is C19H25N3O2. The molecule has 1 N–H and O–H groups in total. The lowest BCUT2D eigenvalue weighted by molar-refractivity contribution is -0.120. The Kier molecular flexibility index (Phi) is 6.32. The highest BCUT2D eigenvalue weighted by Crippen LogP contribution is 2.26. The van der Waals surface area contributed by atoms with Crippen molar-refractivity contribution in [3.05, 3.63) is 59.2 Å². The van der Waals surface area contributed by atoms with Gasteiger partial charge in [-0.1, -0.05) is 25.1 Å². The van der Waals surface area contributed by atoms with Crippen LogP contribution >= 0.6 is 0 Å². The van der Waals surface area contributed by atoms with Crippen LogP contribution in [-0.4, -0.2) is 23.8 Å². The van der Waals surface area contributed by atoms with Gasteiger partial charge in [-0.15, -0.1) is 0 Å². The predicted molar refractivity (Wildman–Crippen MR) is 94.8 cm³/mol. The molecule has 1 heterocycles. The predicted octanol–water partition coefficient (Wildman–Crippen LogP) is 2.87. The number of aromatic nitrogens is 1. The Hall–Kier alpha value is -2.40. The lowest BCUT2D eigenvalue weighted by Gasteiger charge is -2.27. The SMILES string of the molecule is CCOCN(C(=O)Cn1ccc(=N)cc1)c1c(C)cccc1CC. The summed E-state index contributed by atoms with van der Waals surface area (Å²) >= 11 is 0. The molecule has 1 aromatic heterocycles. The van der Waals surface area contributed by atoms with E-state index in [0.29, 0.717) is 12.0 Å². The van der Waals surface area contributed by atoms with Crippen LogP contribution in [0.25, 0.3) is 0 Å². The van der Waals surface area contributed by atoms with Crippen LogP contribution < -0.4 is 10.3 Å². The number of hydrogen-bond donors (Lipinski definition) is 1. The number of carbonyl (C=O) groups is 1. The number of carbonyl (C=O) groups excluding carboxylic acids is 1. The molecule has 128 valence electrons. The Morgan fingerprint density at radius 3 is 2.54 bits per heavy atom. The number of nitrogens with zero attached hydrogens (tertiary/aromatic N) is 2. The Balaban J connectivity index is 2.32. The van der Waals surface area contributed by atoms with E-state index in [1.807, 2.05) is 26.0 Å². The second-order valence-electron chi connectivity index (χ2n) is 5.64. The van der Waals surface area contributed by atoms with Crippen molar-refractivity contribution in [2.24, 2.45) is 0 Å². The summed E-state index contributed by atoms with van der Waals surface area (Å²) in [4.78, 5) is 14.6. The molecule has 0 bridgehead atoms. The number of benzene rings is 1. The van der Waals surface area contributed by atoms with Crippen molar-refractivity contribution in [2.45, 2.75) is 33.7 Å². The number of nitrogens with one attached hydrogen (secondary N) is 1. The molecule has 0 fully saturated rings. The Labute approximate surface area is 143 Å². The molecule has 24 heavy (non-hydrogen) atoms.